The summed E-state index contributed by atoms with van der Waals surface area (Å²) in [6.45, 7) is 0.456. The van der Waals surface area contributed by atoms with E-state index in [2.05, 4.69) is 10.3 Å². The first-order chi connectivity index (χ1) is 8.27. The number of nitrogens with zero attached hydrogens (tertiary/aromatic N) is 2. The highest BCUT2D eigenvalue weighted by Crippen LogP contribution is 2.00. The van der Waals surface area contributed by atoms with E-state index in [-0.39, 0.29) is 5.69 Å². The molecule has 0 atom stereocenters. The average Bonchev–Trinajstić information content (AvgIpc) is 2.40. The molecule has 5 nitrogen and oxygen atoms in total. The molecule has 0 radical (unpaired) electrons. The lowest BCUT2D eigenvalue weighted by atomic mass is 10.3. The Labute approximate surface area is 98.5 Å². The summed E-state index contributed by atoms with van der Waals surface area (Å²) in [4.78, 5) is 28.6. The van der Waals surface area contributed by atoms with Crippen LogP contribution in [0.3, 0.4) is 0 Å². The summed E-state index contributed by atoms with van der Waals surface area (Å²) < 4.78 is 0. The average molecular weight is 229 g/mol. The molecule has 2 rings (SSSR count). The number of aromatic nitrogens is 1. The van der Waals surface area contributed by atoms with Crippen molar-refractivity contribution in [1.29, 1.82) is 0 Å². The van der Waals surface area contributed by atoms with Crippen LogP contribution in [0.15, 0.2) is 48.8 Å². The van der Waals surface area contributed by atoms with Gasteiger partial charge in [0, 0.05) is 18.9 Å². The number of pyridine rings is 1. The number of imide groups is 1. The summed E-state index contributed by atoms with van der Waals surface area (Å²) in [6.07, 6.45) is 8.51. The van der Waals surface area contributed by atoms with E-state index in [4.69, 9.17) is 0 Å². The molecule has 86 valence electrons. The molecule has 0 fully saturated rings. The van der Waals surface area contributed by atoms with Crippen molar-refractivity contribution in [1.82, 2.24) is 15.2 Å². The molecule has 0 saturated heterocycles. The molecule has 3 amide bonds. The minimum atomic E-state index is -0.501. The Hall–Kier alpha value is -2.43. The van der Waals surface area contributed by atoms with Crippen LogP contribution in [-0.2, 0) is 0 Å². The summed E-state index contributed by atoms with van der Waals surface area (Å²) in [7, 11) is 0. The monoisotopic (exact) mass is 229 g/mol. The van der Waals surface area contributed by atoms with Gasteiger partial charge in [-0.05, 0) is 18.2 Å². The van der Waals surface area contributed by atoms with Crippen LogP contribution >= 0.6 is 0 Å². The molecule has 0 aliphatic carbocycles. The highest BCUT2D eigenvalue weighted by atomic mass is 16.2. The SMILES string of the molecule is O=C(NC(=O)N1C=CC=CC1)c1ccccn1. The fourth-order valence-corrected chi connectivity index (χ4v) is 1.35. The Balaban J connectivity index is 1.97. The molecular weight excluding hydrogens is 218 g/mol. The van der Waals surface area contributed by atoms with E-state index in [0.717, 1.165) is 0 Å². The standard InChI is InChI=1S/C12H11N3O2/c16-11(10-6-2-3-7-13-10)14-12(17)15-8-4-1-5-9-15/h1-8H,9H2,(H,14,16,17). The van der Waals surface area contributed by atoms with Crippen molar-refractivity contribution in [3.05, 3.63) is 54.5 Å². The number of urea groups is 1. The van der Waals surface area contributed by atoms with Crippen LogP contribution in [0, 0.1) is 0 Å². The molecule has 1 aromatic heterocycles. The molecule has 1 aromatic rings. The van der Waals surface area contributed by atoms with Crippen molar-refractivity contribution in [3.8, 4) is 0 Å². The zero-order valence-electron chi connectivity index (χ0n) is 9.04. The zero-order valence-corrected chi connectivity index (χ0v) is 9.04. The predicted molar refractivity (Wildman–Crippen MR) is 62.1 cm³/mol. The number of carbonyl (C=O) groups is 2. The van der Waals surface area contributed by atoms with Crippen LogP contribution in [0.2, 0.25) is 0 Å². The normalized spacial score (nSPS) is 13.5. The summed E-state index contributed by atoms with van der Waals surface area (Å²) in [5, 5.41) is 2.27. The number of nitrogens with one attached hydrogen (secondary N) is 1. The Kier molecular flexibility index (Phi) is 3.30. The third-order valence-corrected chi connectivity index (χ3v) is 2.19. The fraction of sp³-hybridized carbons (Fsp3) is 0.0833. The number of allylic oxidation sites excluding steroid dienone is 2. The highest BCUT2D eigenvalue weighted by Gasteiger charge is 2.15. The van der Waals surface area contributed by atoms with Gasteiger partial charge in [-0.1, -0.05) is 18.2 Å². The molecule has 0 unspecified atom stereocenters. The molecule has 5 heteroatoms. The van der Waals surface area contributed by atoms with E-state index in [1.54, 1.807) is 30.5 Å². The Bertz CT molecular complexity index is 480. The molecule has 17 heavy (non-hydrogen) atoms. The molecule has 0 bridgehead atoms. The second-order valence-corrected chi connectivity index (χ2v) is 3.40. The maximum absolute atomic E-state index is 11.7. The number of hydrogen-bond acceptors (Lipinski definition) is 3. The summed E-state index contributed by atoms with van der Waals surface area (Å²) in [5.74, 6) is -0.501. The minimum absolute atomic E-state index is 0.220. The second kappa shape index (κ2) is 5.07. The van der Waals surface area contributed by atoms with Crippen molar-refractivity contribution < 1.29 is 9.59 Å². The third-order valence-electron chi connectivity index (χ3n) is 2.19. The van der Waals surface area contributed by atoms with Crippen LogP contribution in [0.25, 0.3) is 0 Å². The van der Waals surface area contributed by atoms with Gasteiger partial charge in [0.1, 0.15) is 5.69 Å². The van der Waals surface area contributed by atoms with Crippen molar-refractivity contribution in [3.63, 3.8) is 0 Å². The van der Waals surface area contributed by atoms with Gasteiger partial charge < -0.3 is 0 Å². The zero-order chi connectivity index (χ0) is 12.1. The van der Waals surface area contributed by atoms with Gasteiger partial charge in [-0.15, -0.1) is 0 Å². The second-order valence-electron chi connectivity index (χ2n) is 3.40. The van der Waals surface area contributed by atoms with Gasteiger partial charge in [0.15, 0.2) is 0 Å². The fourth-order valence-electron chi connectivity index (χ4n) is 1.35. The molecule has 1 aliphatic rings. The van der Waals surface area contributed by atoms with Gasteiger partial charge in [-0.3, -0.25) is 20.0 Å². The maximum atomic E-state index is 11.7. The van der Waals surface area contributed by atoms with E-state index in [0.29, 0.717) is 6.54 Å². The van der Waals surface area contributed by atoms with Crippen molar-refractivity contribution in [2.24, 2.45) is 0 Å². The van der Waals surface area contributed by atoms with Gasteiger partial charge in [0.2, 0.25) is 0 Å². The van der Waals surface area contributed by atoms with Crippen molar-refractivity contribution in [2.75, 3.05) is 6.54 Å². The first kappa shape index (κ1) is 11.1. The minimum Gasteiger partial charge on any atom is -0.297 e. The number of carbonyl (C=O) groups excluding carboxylic acids is 2. The number of amides is 3. The third kappa shape index (κ3) is 2.78. The van der Waals surface area contributed by atoms with Gasteiger partial charge >= 0.3 is 6.03 Å². The highest BCUT2D eigenvalue weighted by molar-refractivity contribution is 6.03. The topological polar surface area (TPSA) is 62.3 Å². The van der Waals surface area contributed by atoms with Crippen LogP contribution < -0.4 is 5.32 Å². The van der Waals surface area contributed by atoms with E-state index in [1.165, 1.54) is 11.1 Å². The van der Waals surface area contributed by atoms with E-state index < -0.39 is 11.9 Å². The maximum Gasteiger partial charge on any atom is 0.328 e. The molecule has 2 heterocycles. The predicted octanol–water partition coefficient (Wildman–Crippen LogP) is 1.32. The van der Waals surface area contributed by atoms with Crippen LogP contribution in [0.5, 0.6) is 0 Å². The smallest absolute Gasteiger partial charge is 0.297 e. The Morgan fingerprint density at radius 2 is 2.18 bits per heavy atom. The molecule has 0 saturated carbocycles. The van der Waals surface area contributed by atoms with Gasteiger partial charge in [-0.2, -0.15) is 0 Å². The molecule has 0 aromatic carbocycles. The summed E-state index contributed by atoms with van der Waals surface area (Å²) in [6, 6.07) is 4.49. The Morgan fingerprint density at radius 1 is 1.29 bits per heavy atom. The quantitative estimate of drug-likeness (QED) is 0.789. The van der Waals surface area contributed by atoms with E-state index in [9.17, 15) is 9.59 Å². The van der Waals surface area contributed by atoms with E-state index >= 15 is 0 Å². The molecule has 0 spiro atoms. The first-order valence-electron chi connectivity index (χ1n) is 5.14. The molecular formula is C12H11N3O2. The molecule has 1 aliphatic heterocycles. The van der Waals surface area contributed by atoms with Crippen LogP contribution in [0.4, 0.5) is 4.79 Å². The largest absolute Gasteiger partial charge is 0.328 e. The molecule has 1 N–H and O–H groups in total. The van der Waals surface area contributed by atoms with Crippen molar-refractivity contribution >= 4 is 11.9 Å². The lowest BCUT2D eigenvalue weighted by Crippen LogP contribution is -2.40. The summed E-state index contributed by atoms with van der Waals surface area (Å²) >= 11 is 0. The Morgan fingerprint density at radius 3 is 2.82 bits per heavy atom. The lowest BCUT2D eigenvalue weighted by molar-refractivity contribution is 0.0952. The van der Waals surface area contributed by atoms with Crippen LogP contribution in [0.1, 0.15) is 10.5 Å². The van der Waals surface area contributed by atoms with Gasteiger partial charge in [0.25, 0.3) is 5.91 Å². The van der Waals surface area contributed by atoms with Gasteiger partial charge in [0.05, 0.1) is 0 Å². The van der Waals surface area contributed by atoms with Gasteiger partial charge in [-0.25, -0.2) is 4.79 Å². The summed E-state index contributed by atoms with van der Waals surface area (Å²) in [5.41, 5.74) is 0.220. The van der Waals surface area contributed by atoms with Crippen LogP contribution in [-0.4, -0.2) is 28.4 Å². The number of hydrogen-bond donors (Lipinski definition) is 1. The lowest BCUT2D eigenvalue weighted by Gasteiger charge is -2.18. The first-order valence-corrected chi connectivity index (χ1v) is 5.14. The van der Waals surface area contributed by atoms with E-state index in [1.807, 2.05) is 12.2 Å². The van der Waals surface area contributed by atoms with Crippen molar-refractivity contribution in [2.45, 2.75) is 0 Å². The number of rotatable bonds is 1.